The molecule has 2 N–H and O–H groups in total. The highest BCUT2D eigenvalue weighted by atomic mass is 79.9. The van der Waals surface area contributed by atoms with Crippen LogP contribution in [-0.4, -0.2) is 14.2 Å². The molecule has 2 aromatic rings. The minimum absolute atomic E-state index is 0.343. The first-order valence-electron chi connectivity index (χ1n) is 5.65. The molecular weight excluding hydrogens is 311 g/mol. The molecule has 0 fully saturated rings. The van der Waals surface area contributed by atoms with Gasteiger partial charge in [0.15, 0.2) is 0 Å². The number of nitrogens with zero attached hydrogens (tertiary/aromatic N) is 1. The Kier molecular flexibility index (Phi) is 3.95. The minimum atomic E-state index is -0.343. The summed E-state index contributed by atoms with van der Waals surface area (Å²) in [6.07, 6.45) is 0. The summed E-state index contributed by atoms with van der Waals surface area (Å²) >= 11 is 3.11. The quantitative estimate of drug-likeness (QED) is 0.869. The number of ether oxygens (including phenoxy) is 1. The van der Waals surface area contributed by atoms with E-state index >= 15 is 0 Å². The van der Waals surface area contributed by atoms with Crippen molar-refractivity contribution in [1.29, 1.82) is 0 Å². The number of methoxy groups -OCH3 is 1. The van der Waals surface area contributed by atoms with Gasteiger partial charge >= 0.3 is 0 Å². The van der Waals surface area contributed by atoms with Crippen LogP contribution < -0.4 is 15.4 Å². The van der Waals surface area contributed by atoms with E-state index in [4.69, 9.17) is 10.5 Å². The zero-order chi connectivity index (χ0) is 14.0. The third kappa shape index (κ3) is 2.81. The van der Waals surface area contributed by atoms with E-state index in [0.717, 1.165) is 11.4 Å². The number of hydrogen-bond donors (Lipinski definition) is 1. The summed E-state index contributed by atoms with van der Waals surface area (Å²) in [5.74, 6) is 0.427. The first-order chi connectivity index (χ1) is 9.02. The Labute approximate surface area is 119 Å². The highest BCUT2D eigenvalue weighted by molar-refractivity contribution is 9.10. The molecule has 0 saturated carbocycles. The second-order valence-corrected chi connectivity index (χ2v) is 4.94. The number of benzene rings is 2. The number of nitrogens with two attached hydrogens (primary N) is 1. The maximum atomic E-state index is 13.6. The standard InChI is InChI=1S/C14H14BrFN2O/c1-18(9-3-5-10(19-2)6-4-9)14-8-12(16)11(15)7-13(14)17/h3-8H,17H2,1-2H3. The van der Waals surface area contributed by atoms with Gasteiger partial charge in [-0.2, -0.15) is 0 Å². The minimum Gasteiger partial charge on any atom is -0.497 e. The summed E-state index contributed by atoms with van der Waals surface area (Å²) in [5, 5.41) is 0. The summed E-state index contributed by atoms with van der Waals surface area (Å²) in [7, 11) is 3.45. The van der Waals surface area contributed by atoms with Crippen LogP contribution in [0.25, 0.3) is 0 Å². The molecule has 0 spiro atoms. The van der Waals surface area contributed by atoms with E-state index < -0.39 is 0 Å². The monoisotopic (exact) mass is 324 g/mol. The highest BCUT2D eigenvalue weighted by Crippen LogP contribution is 2.33. The van der Waals surface area contributed by atoms with E-state index in [0.29, 0.717) is 15.8 Å². The Bertz CT molecular complexity index is 587. The third-order valence-corrected chi connectivity index (χ3v) is 3.50. The van der Waals surface area contributed by atoms with Crippen molar-refractivity contribution in [2.45, 2.75) is 0 Å². The Morgan fingerprint density at radius 1 is 1.21 bits per heavy atom. The van der Waals surface area contributed by atoms with Crippen molar-refractivity contribution in [3.8, 4) is 5.75 Å². The van der Waals surface area contributed by atoms with Crippen molar-refractivity contribution in [2.24, 2.45) is 0 Å². The molecule has 0 aliphatic rings. The van der Waals surface area contributed by atoms with Gasteiger partial charge in [0.2, 0.25) is 0 Å². The lowest BCUT2D eigenvalue weighted by Crippen LogP contribution is -2.12. The molecule has 0 aliphatic heterocycles. The van der Waals surface area contributed by atoms with Crippen molar-refractivity contribution >= 4 is 33.0 Å². The molecule has 2 rings (SSSR count). The molecule has 0 heterocycles. The van der Waals surface area contributed by atoms with Crippen LogP contribution in [-0.2, 0) is 0 Å². The summed E-state index contributed by atoms with van der Waals surface area (Å²) in [4.78, 5) is 1.82. The van der Waals surface area contributed by atoms with Crippen LogP contribution in [0.5, 0.6) is 5.75 Å². The molecular formula is C14H14BrFN2O. The first kappa shape index (κ1) is 13.7. The van der Waals surface area contributed by atoms with E-state index in [1.54, 1.807) is 13.2 Å². The molecule has 5 heteroatoms. The molecule has 2 aromatic carbocycles. The SMILES string of the molecule is COc1ccc(N(C)c2cc(F)c(Br)cc2N)cc1. The Balaban J connectivity index is 2.37. The summed E-state index contributed by atoms with van der Waals surface area (Å²) < 4.78 is 19.1. The Morgan fingerprint density at radius 2 is 1.84 bits per heavy atom. The fourth-order valence-electron chi connectivity index (χ4n) is 1.79. The largest absolute Gasteiger partial charge is 0.497 e. The second-order valence-electron chi connectivity index (χ2n) is 4.08. The van der Waals surface area contributed by atoms with Crippen LogP contribution in [0.2, 0.25) is 0 Å². The topological polar surface area (TPSA) is 38.5 Å². The smallest absolute Gasteiger partial charge is 0.139 e. The molecule has 0 radical (unpaired) electrons. The van der Waals surface area contributed by atoms with Gasteiger partial charge in [-0.15, -0.1) is 0 Å². The summed E-state index contributed by atoms with van der Waals surface area (Å²) in [6, 6.07) is 10.4. The number of hydrogen-bond acceptors (Lipinski definition) is 3. The molecule has 0 aliphatic carbocycles. The predicted molar refractivity (Wildman–Crippen MR) is 79.6 cm³/mol. The molecule has 100 valence electrons. The molecule has 0 atom stereocenters. The van der Waals surface area contributed by atoms with Crippen molar-refractivity contribution < 1.29 is 9.13 Å². The normalized spacial score (nSPS) is 10.3. The predicted octanol–water partition coefficient (Wildman–Crippen LogP) is 3.95. The average molecular weight is 325 g/mol. The van der Waals surface area contributed by atoms with Gasteiger partial charge < -0.3 is 15.4 Å². The summed E-state index contributed by atoms with van der Waals surface area (Å²) in [5.41, 5.74) is 7.94. The number of nitrogen functional groups attached to an aromatic ring is 1. The van der Waals surface area contributed by atoms with E-state index in [1.165, 1.54) is 6.07 Å². The van der Waals surface area contributed by atoms with Crippen molar-refractivity contribution in [2.75, 3.05) is 24.8 Å². The fourth-order valence-corrected chi connectivity index (χ4v) is 2.15. The van der Waals surface area contributed by atoms with Crippen LogP contribution in [0.3, 0.4) is 0 Å². The van der Waals surface area contributed by atoms with Crippen LogP contribution in [0.4, 0.5) is 21.5 Å². The molecule has 0 aromatic heterocycles. The van der Waals surface area contributed by atoms with Crippen LogP contribution >= 0.6 is 15.9 Å². The van der Waals surface area contributed by atoms with E-state index in [9.17, 15) is 4.39 Å². The van der Waals surface area contributed by atoms with Gasteiger partial charge in [0.1, 0.15) is 11.6 Å². The van der Waals surface area contributed by atoms with Gasteiger partial charge in [-0.3, -0.25) is 0 Å². The average Bonchev–Trinajstić information content (AvgIpc) is 2.42. The lowest BCUT2D eigenvalue weighted by Gasteiger charge is -2.22. The fraction of sp³-hybridized carbons (Fsp3) is 0.143. The maximum Gasteiger partial charge on any atom is 0.139 e. The van der Waals surface area contributed by atoms with E-state index in [2.05, 4.69) is 15.9 Å². The van der Waals surface area contributed by atoms with Crippen molar-refractivity contribution in [3.63, 3.8) is 0 Å². The van der Waals surface area contributed by atoms with E-state index in [-0.39, 0.29) is 5.82 Å². The summed E-state index contributed by atoms with van der Waals surface area (Å²) in [6.45, 7) is 0. The lowest BCUT2D eigenvalue weighted by molar-refractivity contribution is 0.415. The lowest BCUT2D eigenvalue weighted by atomic mass is 10.2. The molecule has 19 heavy (non-hydrogen) atoms. The Morgan fingerprint density at radius 3 is 2.42 bits per heavy atom. The second kappa shape index (κ2) is 5.48. The van der Waals surface area contributed by atoms with E-state index in [1.807, 2.05) is 36.2 Å². The molecule has 0 unspecified atom stereocenters. The zero-order valence-corrected chi connectivity index (χ0v) is 12.2. The number of halogens is 2. The molecule has 0 saturated heterocycles. The molecule has 0 bridgehead atoms. The van der Waals surface area contributed by atoms with Crippen molar-refractivity contribution in [1.82, 2.24) is 0 Å². The molecule has 0 amide bonds. The van der Waals surface area contributed by atoms with Gasteiger partial charge in [0.25, 0.3) is 0 Å². The van der Waals surface area contributed by atoms with Gasteiger partial charge in [-0.25, -0.2) is 4.39 Å². The van der Waals surface area contributed by atoms with Gasteiger partial charge in [0, 0.05) is 18.8 Å². The first-order valence-corrected chi connectivity index (χ1v) is 6.44. The molecule has 3 nitrogen and oxygen atoms in total. The number of anilines is 3. The van der Waals surface area contributed by atoms with Gasteiger partial charge in [0.05, 0.1) is 23.0 Å². The Hall–Kier alpha value is -1.75. The highest BCUT2D eigenvalue weighted by Gasteiger charge is 2.11. The van der Waals surface area contributed by atoms with Crippen LogP contribution in [0.15, 0.2) is 40.9 Å². The number of rotatable bonds is 3. The van der Waals surface area contributed by atoms with Gasteiger partial charge in [-0.05, 0) is 46.3 Å². The van der Waals surface area contributed by atoms with Crippen LogP contribution in [0.1, 0.15) is 0 Å². The van der Waals surface area contributed by atoms with Gasteiger partial charge in [-0.1, -0.05) is 0 Å². The van der Waals surface area contributed by atoms with Crippen molar-refractivity contribution in [3.05, 3.63) is 46.7 Å². The van der Waals surface area contributed by atoms with Crippen LogP contribution in [0, 0.1) is 5.82 Å². The third-order valence-electron chi connectivity index (χ3n) is 2.89. The maximum absolute atomic E-state index is 13.6. The zero-order valence-electron chi connectivity index (χ0n) is 10.7.